The fourth-order valence-electron chi connectivity index (χ4n) is 2.92. The molecule has 0 aliphatic carbocycles. The molecule has 8 nitrogen and oxygen atoms in total. The summed E-state index contributed by atoms with van der Waals surface area (Å²) >= 11 is 0. The highest BCUT2D eigenvalue weighted by atomic mass is 16.5. The smallest absolute Gasteiger partial charge is 0.152 e. The summed E-state index contributed by atoms with van der Waals surface area (Å²) in [6.45, 7) is 4.11. The van der Waals surface area contributed by atoms with Crippen LogP contribution in [0.4, 0.5) is 11.6 Å². The van der Waals surface area contributed by atoms with Gasteiger partial charge in [0.25, 0.3) is 0 Å². The van der Waals surface area contributed by atoms with Crippen LogP contribution in [0.3, 0.4) is 0 Å². The number of ether oxygens (including phenoxy) is 1. The zero-order chi connectivity index (χ0) is 14.8. The summed E-state index contributed by atoms with van der Waals surface area (Å²) in [6, 6.07) is 2.33. The van der Waals surface area contributed by atoms with E-state index in [0.717, 1.165) is 63.1 Å². The van der Waals surface area contributed by atoms with Crippen LogP contribution in [0.5, 0.6) is 0 Å². The number of hydrogen-bond donors (Lipinski definition) is 1. The third kappa shape index (κ3) is 2.74. The monoisotopic (exact) mass is 301 g/mol. The SMILES string of the molecule is c1nc(N[C@@H]2CCCOC2)cc(N2CCn3cnnc3C2)n1. The molecule has 4 heterocycles. The molecular formula is C14H19N7O. The molecule has 0 unspecified atom stereocenters. The van der Waals surface area contributed by atoms with Crippen molar-refractivity contribution >= 4 is 11.6 Å². The van der Waals surface area contributed by atoms with Crippen LogP contribution >= 0.6 is 0 Å². The topological polar surface area (TPSA) is 81.0 Å². The predicted molar refractivity (Wildman–Crippen MR) is 80.6 cm³/mol. The van der Waals surface area contributed by atoms with Gasteiger partial charge < -0.3 is 19.5 Å². The van der Waals surface area contributed by atoms with Gasteiger partial charge in [0.05, 0.1) is 19.2 Å². The molecule has 2 aromatic heterocycles. The molecule has 0 amide bonds. The summed E-state index contributed by atoms with van der Waals surface area (Å²) < 4.78 is 7.58. The zero-order valence-corrected chi connectivity index (χ0v) is 12.4. The zero-order valence-electron chi connectivity index (χ0n) is 12.4. The van der Waals surface area contributed by atoms with Gasteiger partial charge in [-0.1, -0.05) is 0 Å². The molecule has 2 aliphatic rings. The van der Waals surface area contributed by atoms with E-state index in [9.17, 15) is 0 Å². The molecule has 1 atom stereocenters. The highest BCUT2D eigenvalue weighted by Gasteiger charge is 2.20. The van der Waals surface area contributed by atoms with Gasteiger partial charge in [0.1, 0.15) is 24.3 Å². The Bertz CT molecular complexity index is 638. The Morgan fingerprint density at radius 3 is 3.18 bits per heavy atom. The molecule has 1 fully saturated rings. The fourth-order valence-corrected chi connectivity index (χ4v) is 2.92. The minimum absolute atomic E-state index is 0.334. The van der Waals surface area contributed by atoms with E-state index in [4.69, 9.17) is 4.74 Å². The molecule has 4 rings (SSSR count). The van der Waals surface area contributed by atoms with E-state index < -0.39 is 0 Å². The number of nitrogens with one attached hydrogen (secondary N) is 1. The average molecular weight is 301 g/mol. The van der Waals surface area contributed by atoms with Crippen molar-refractivity contribution in [3.05, 3.63) is 24.5 Å². The Morgan fingerprint density at radius 2 is 2.27 bits per heavy atom. The van der Waals surface area contributed by atoms with Crippen molar-refractivity contribution in [2.24, 2.45) is 0 Å². The largest absolute Gasteiger partial charge is 0.379 e. The maximum absolute atomic E-state index is 5.50. The number of anilines is 2. The standard InChI is InChI=1S/C14H19N7O/c1-2-11(8-22-5-1)18-12-6-13(16-9-15-12)20-3-4-21-10-17-19-14(21)7-20/h6,9-11H,1-5,7-8H2,(H,15,16,18)/t11-/m1/s1. The molecule has 0 saturated carbocycles. The van der Waals surface area contributed by atoms with Crippen molar-refractivity contribution in [1.82, 2.24) is 24.7 Å². The normalized spacial score (nSPS) is 21.5. The highest BCUT2D eigenvalue weighted by Crippen LogP contribution is 2.20. The molecule has 0 spiro atoms. The van der Waals surface area contributed by atoms with Crippen LogP contribution in [0, 0.1) is 0 Å². The van der Waals surface area contributed by atoms with Gasteiger partial charge in [-0.25, -0.2) is 9.97 Å². The van der Waals surface area contributed by atoms with Crippen molar-refractivity contribution in [1.29, 1.82) is 0 Å². The first-order valence-corrected chi connectivity index (χ1v) is 7.66. The summed E-state index contributed by atoms with van der Waals surface area (Å²) in [5.41, 5.74) is 0. The molecule has 116 valence electrons. The van der Waals surface area contributed by atoms with Crippen LogP contribution in [0.25, 0.3) is 0 Å². The summed E-state index contributed by atoms with van der Waals surface area (Å²) in [5, 5.41) is 11.5. The first-order chi connectivity index (χ1) is 10.9. The van der Waals surface area contributed by atoms with Crippen molar-refractivity contribution in [3.63, 3.8) is 0 Å². The number of aromatic nitrogens is 5. The van der Waals surface area contributed by atoms with Crippen LogP contribution in [0.15, 0.2) is 18.7 Å². The quantitative estimate of drug-likeness (QED) is 0.892. The summed E-state index contributed by atoms with van der Waals surface area (Å²) in [7, 11) is 0. The van der Waals surface area contributed by atoms with Crippen LogP contribution in [0.1, 0.15) is 18.7 Å². The van der Waals surface area contributed by atoms with Gasteiger partial charge in [-0.2, -0.15) is 0 Å². The minimum Gasteiger partial charge on any atom is -0.379 e. The average Bonchev–Trinajstić information content (AvgIpc) is 3.04. The molecule has 0 aromatic carbocycles. The molecule has 22 heavy (non-hydrogen) atoms. The lowest BCUT2D eigenvalue weighted by Crippen LogP contribution is -2.34. The van der Waals surface area contributed by atoms with Crippen molar-refractivity contribution < 1.29 is 4.74 Å². The highest BCUT2D eigenvalue weighted by molar-refractivity contribution is 5.49. The Kier molecular flexibility index (Phi) is 3.59. The summed E-state index contributed by atoms with van der Waals surface area (Å²) in [6.07, 6.45) is 5.60. The van der Waals surface area contributed by atoms with Crippen LogP contribution in [-0.4, -0.2) is 50.5 Å². The third-order valence-corrected chi connectivity index (χ3v) is 4.13. The molecule has 1 N–H and O–H groups in total. The molecule has 8 heteroatoms. The van der Waals surface area contributed by atoms with Crippen LogP contribution in [-0.2, 0) is 17.8 Å². The lowest BCUT2D eigenvalue weighted by atomic mass is 10.1. The van der Waals surface area contributed by atoms with Gasteiger partial charge in [-0.05, 0) is 12.8 Å². The molecule has 0 radical (unpaired) electrons. The second-order valence-electron chi connectivity index (χ2n) is 5.68. The number of fused-ring (bicyclic) bond motifs is 1. The van der Waals surface area contributed by atoms with Gasteiger partial charge >= 0.3 is 0 Å². The summed E-state index contributed by atoms with van der Waals surface area (Å²) in [5.74, 6) is 2.75. The second-order valence-corrected chi connectivity index (χ2v) is 5.68. The van der Waals surface area contributed by atoms with E-state index in [0.29, 0.717) is 6.04 Å². The van der Waals surface area contributed by atoms with Gasteiger partial charge in [-0.3, -0.25) is 0 Å². The Balaban J connectivity index is 1.47. The van der Waals surface area contributed by atoms with E-state index in [2.05, 4.69) is 34.9 Å². The fraction of sp³-hybridized carbons (Fsp3) is 0.571. The molecule has 2 aliphatic heterocycles. The van der Waals surface area contributed by atoms with E-state index in [1.54, 1.807) is 12.7 Å². The second kappa shape index (κ2) is 5.88. The number of hydrogen-bond acceptors (Lipinski definition) is 7. The van der Waals surface area contributed by atoms with Gasteiger partial charge in [0.15, 0.2) is 5.82 Å². The molecule has 2 aromatic rings. The lowest BCUT2D eigenvalue weighted by Gasteiger charge is -2.28. The van der Waals surface area contributed by atoms with Crippen molar-refractivity contribution in [2.75, 3.05) is 30.0 Å². The number of nitrogens with zero attached hydrogens (tertiary/aromatic N) is 6. The van der Waals surface area contributed by atoms with Gasteiger partial charge in [-0.15, -0.1) is 10.2 Å². The van der Waals surface area contributed by atoms with Gasteiger partial charge in [0.2, 0.25) is 0 Å². The molecular weight excluding hydrogens is 282 g/mol. The van der Waals surface area contributed by atoms with E-state index in [-0.39, 0.29) is 0 Å². The van der Waals surface area contributed by atoms with Crippen LogP contribution < -0.4 is 10.2 Å². The van der Waals surface area contributed by atoms with Gasteiger partial charge in [0, 0.05) is 25.8 Å². The van der Waals surface area contributed by atoms with E-state index in [1.165, 1.54) is 0 Å². The Hall–Kier alpha value is -2.22. The van der Waals surface area contributed by atoms with E-state index in [1.807, 2.05) is 6.07 Å². The lowest BCUT2D eigenvalue weighted by molar-refractivity contribution is 0.0875. The van der Waals surface area contributed by atoms with Crippen molar-refractivity contribution in [3.8, 4) is 0 Å². The Labute approximate surface area is 128 Å². The number of rotatable bonds is 3. The minimum atomic E-state index is 0.334. The summed E-state index contributed by atoms with van der Waals surface area (Å²) in [4.78, 5) is 10.9. The van der Waals surface area contributed by atoms with Crippen molar-refractivity contribution in [2.45, 2.75) is 32.0 Å². The maximum Gasteiger partial charge on any atom is 0.152 e. The molecule has 1 saturated heterocycles. The predicted octanol–water partition coefficient (Wildman–Crippen LogP) is 0.679. The molecule has 0 bridgehead atoms. The van der Waals surface area contributed by atoms with E-state index >= 15 is 0 Å². The maximum atomic E-state index is 5.50. The first-order valence-electron chi connectivity index (χ1n) is 7.66. The van der Waals surface area contributed by atoms with Crippen LogP contribution in [0.2, 0.25) is 0 Å². The Morgan fingerprint density at radius 1 is 1.27 bits per heavy atom. The first kappa shape index (κ1) is 13.4. The third-order valence-electron chi connectivity index (χ3n) is 4.13.